The van der Waals surface area contributed by atoms with E-state index in [-0.39, 0.29) is 29.6 Å². The van der Waals surface area contributed by atoms with Crippen molar-refractivity contribution < 1.29 is 22.7 Å². The van der Waals surface area contributed by atoms with Crippen LogP contribution in [0.2, 0.25) is 0 Å². The van der Waals surface area contributed by atoms with Gasteiger partial charge in [-0.05, 0) is 37.8 Å². The molecule has 0 aliphatic carbocycles. The molecule has 168 valence electrons. The molecule has 0 radical (unpaired) electrons. The summed E-state index contributed by atoms with van der Waals surface area (Å²) < 4.78 is 33.4. The van der Waals surface area contributed by atoms with Crippen molar-refractivity contribution in [1.82, 2.24) is 14.2 Å². The van der Waals surface area contributed by atoms with E-state index in [1.54, 1.807) is 7.05 Å². The van der Waals surface area contributed by atoms with Crippen LogP contribution in [0.15, 0.2) is 41.4 Å². The first kappa shape index (κ1) is 23.0. The molecule has 31 heavy (non-hydrogen) atoms. The zero-order valence-corrected chi connectivity index (χ0v) is 18.8. The molecule has 0 saturated carbocycles. The van der Waals surface area contributed by atoms with Gasteiger partial charge in [0.15, 0.2) is 0 Å². The summed E-state index contributed by atoms with van der Waals surface area (Å²) in [5.74, 6) is -0.742. The number of esters is 1. The van der Waals surface area contributed by atoms with Crippen LogP contribution in [0.5, 0.6) is 0 Å². The Morgan fingerprint density at radius 2 is 1.81 bits per heavy atom. The second-order valence-corrected chi connectivity index (χ2v) is 9.69. The molecule has 0 atom stereocenters. The lowest BCUT2D eigenvalue weighted by atomic mass is 10.1. The predicted molar refractivity (Wildman–Crippen MR) is 116 cm³/mol. The van der Waals surface area contributed by atoms with Crippen LogP contribution in [0.4, 0.5) is 0 Å². The highest BCUT2D eigenvalue weighted by Gasteiger charge is 2.29. The van der Waals surface area contributed by atoms with Crippen LogP contribution in [0, 0.1) is 6.92 Å². The van der Waals surface area contributed by atoms with Crippen LogP contribution in [0.1, 0.15) is 40.9 Å². The van der Waals surface area contributed by atoms with E-state index in [0.29, 0.717) is 25.9 Å². The third-order valence-electron chi connectivity index (χ3n) is 5.31. The summed E-state index contributed by atoms with van der Waals surface area (Å²) in [5, 5.41) is 2.73. The number of nitrogens with zero attached hydrogens (tertiary/aromatic N) is 2. The average Bonchev–Trinajstić information content (AvgIpc) is 3.41. The topological polar surface area (TPSA) is 97.7 Å². The van der Waals surface area contributed by atoms with Crippen molar-refractivity contribution in [2.24, 2.45) is 7.05 Å². The average molecular weight is 448 g/mol. The third-order valence-corrected chi connectivity index (χ3v) is 7.17. The zero-order chi connectivity index (χ0) is 22.4. The van der Waals surface area contributed by atoms with Crippen LogP contribution in [-0.2, 0) is 33.0 Å². The minimum absolute atomic E-state index is 0.00843. The Bertz CT molecular complexity index is 1020. The molecule has 3 rings (SSSR count). The summed E-state index contributed by atoms with van der Waals surface area (Å²) >= 11 is 0. The monoisotopic (exact) mass is 447 g/mol. The van der Waals surface area contributed by atoms with Gasteiger partial charge in [-0.3, -0.25) is 4.79 Å². The van der Waals surface area contributed by atoms with Crippen LogP contribution < -0.4 is 5.32 Å². The normalized spacial score (nSPS) is 14.5. The molecular weight excluding hydrogens is 418 g/mol. The van der Waals surface area contributed by atoms with E-state index in [4.69, 9.17) is 4.74 Å². The number of rotatable bonds is 9. The summed E-state index contributed by atoms with van der Waals surface area (Å²) in [6, 6.07) is 9.37. The smallest absolute Gasteiger partial charge is 0.355 e. The predicted octanol–water partition coefficient (Wildman–Crippen LogP) is 2.02. The second kappa shape index (κ2) is 10.1. The van der Waals surface area contributed by atoms with E-state index < -0.39 is 16.0 Å². The lowest BCUT2D eigenvalue weighted by molar-refractivity contribution is -0.121. The number of amides is 1. The second-order valence-electron chi connectivity index (χ2n) is 7.75. The molecule has 1 aromatic carbocycles. The van der Waals surface area contributed by atoms with Gasteiger partial charge in [-0.1, -0.05) is 29.8 Å². The highest BCUT2D eigenvalue weighted by Crippen LogP contribution is 2.22. The minimum Gasteiger partial charge on any atom is -0.459 e. The molecule has 2 aromatic rings. The molecule has 1 saturated heterocycles. The summed E-state index contributed by atoms with van der Waals surface area (Å²) in [5.41, 5.74) is 2.42. The fourth-order valence-electron chi connectivity index (χ4n) is 3.46. The molecule has 1 aliphatic rings. The number of aromatic nitrogens is 1. The molecule has 1 fully saturated rings. The van der Waals surface area contributed by atoms with Crippen LogP contribution >= 0.6 is 0 Å². The Labute approximate surface area is 183 Å². The van der Waals surface area contributed by atoms with Crippen molar-refractivity contribution in [3.05, 3.63) is 53.3 Å². The maximum absolute atomic E-state index is 12.7. The maximum atomic E-state index is 12.7. The first-order chi connectivity index (χ1) is 14.8. The summed E-state index contributed by atoms with van der Waals surface area (Å²) in [7, 11) is -1.99. The Balaban J connectivity index is 1.44. The number of ether oxygens (including phenoxy) is 1. The Morgan fingerprint density at radius 3 is 2.48 bits per heavy atom. The van der Waals surface area contributed by atoms with Crippen molar-refractivity contribution in [3.63, 3.8) is 0 Å². The highest BCUT2D eigenvalue weighted by atomic mass is 32.2. The van der Waals surface area contributed by atoms with Gasteiger partial charge in [0.1, 0.15) is 17.2 Å². The minimum atomic E-state index is -3.59. The number of benzene rings is 1. The fraction of sp³-hybridized carbons (Fsp3) is 0.455. The SMILES string of the molecule is Cc1ccc(CCC(=O)NCCOC(=O)c2cc(S(=O)(=O)N3CCCC3)cn2C)cc1. The molecule has 8 nitrogen and oxygen atoms in total. The summed E-state index contributed by atoms with van der Waals surface area (Å²) in [6.45, 7) is 3.22. The third kappa shape index (κ3) is 5.95. The first-order valence-corrected chi connectivity index (χ1v) is 11.9. The van der Waals surface area contributed by atoms with Crippen LogP contribution in [0.25, 0.3) is 0 Å². The summed E-state index contributed by atoms with van der Waals surface area (Å²) in [4.78, 5) is 24.4. The van der Waals surface area contributed by atoms with Crippen molar-refractivity contribution in [2.45, 2.75) is 37.5 Å². The zero-order valence-electron chi connectivity index (χ0n) is 18.0. The van der Waals surface area contributed by atoms with Gasteiger partial charge in [-0.25, -0.2) is 13.2 Å². The molecule has 0 bridgehead atoms. The van der Waals surface area contributed by atoms with E-state index in [0.717, 1.165) is 18.4 Å². The van der Waals surface area contributed by atoms with Gasteiger partial charge in [0.2, 0.25) is 15.9 Å². The number of carbonyl (C=O) groups excluding carboxylic acids is 2. The van der Waals surface area contributed by atoms with Crippen molar-refractivity contribution in [2.75, 3.05) is 26.2 Å². The number of nitrogens with one attached hydrogen (secondary N) is 1. The van der Waals surface area contributed by atoms with Crippen molar-refractivity contribution in [3.8, 4) is 0 Å². The molecule has 9 heteroatoms. The molecule has 1 amide bonds. The van der Waals surface area contributed by atoms with E-state index in [1.807, 2.05) is 31.2 Å². The van der Waals surface area contributed by atoms with Gasteiger partial charge >= 0.3 is 5.97 Å². The number of hydrogen-bond acceptors (Lipinski definition) is 5. The molecule has 0 unspecified atom stereocenters. The van der Waals surface area contributed by atoms with Gasteiger partial charge in [0.05, 0.1) is 6.54 Å². The lowest BCUT2D eigenvalue weighted by Crippen LogP contribution is -2.28. The molecular formula is C22H29N3O5S. The van der Waals surface area contributed by atoms with E-state index in [2.05, 4.69) is 5.32 Å². The summed E-state index contributed by atoms with van der Waals surface area (Å²) in [6.07, 6.45) is 4.11. The van der Waals surface area contributed by atoms with Crippen molar-refractivity contribution in [1.29, 1.82) is 0 Å². The Kier molecular flexibility index (Phi) is 7.50. The van der Waals surface area contributed by atoms with Gasteiger partial charge in [0.25, 0.3) is 0 Å². The number of hydrogen-bond donors (Lipinski definition) is 1. The van der Waals surface area contributed by atoms with Gasteiger partial charge < -0.3 is 14.6 Å². The lowest BCUT2D eigenvalue weighted by Gasteiger charge is -2.13. The number of sulfonamides is 1. The van der Waals surface area contributed by atoms with Crippen LogP contribution in [-0.4, -0.2) is 55.4 Å². The largest absolute Gasteiger partial charge is 0.459 e. The quantitative estimate of drug-likeness (QED) is 0.469. The molecule has 2 heterocycles. The molecule has 1 N–H and O–H groups in total. The van der Waals surface area contributed by atoms with E-state index in [9.17, 15) is 18.0 Å². The maximum Gasteiger partial charge on any atom is 0.355 e. The standard InChI is InChI=1S/C22H29N3O5S/c1-17-5-7-18(8-6-17)9-10-21(26)23-11-14-30-22(27)20-15-19(16-24(20)2)31(28,29)25-12-3-4-13-25/h5-8,15-16H,3-4,9-14H2,1-2H3,(H,23,26). The van der Waals surface area contributed by atoms with E-state index >= 15 is 0 Å². The molecule has 0 spiro atoms. The fourth-order valence-corrected chi connectivity index (χ4v) is 5.05. The number of carbonyl (C=O) groups is 2. The first-order valence-electron chi connectivity index (χ1n) is 10.4. The van der Waals surface area contributed by atoms with Crippen molar-refractivity contribution >= 4 is 21.9 Å². The van der Waals surface area contributed by atoms with Gasteiger partial charge in [-0.2, -0.15) is 4.31 Å². The van der Waals surface area contributed by atoms with E-state index in [1.165, 1.54) is 26.7 Å². The Hall–Kier alpha value is -2.65. The highest BCUT2D eigenvalue weighted by molar-refractivity contribution is 7.89. The Morgan fingerprint density at radius 1 is 1.13 bits per heavy atom. The number of aryl methyl sites for hydroxylation is 3. The molecule has 1 aromatic heterocycles. The van der Waals surface area contributed by atoms with Gasteiger partial charge in [-0.15, -0.1) is 0 Å². The van der Waals surface area contributed by atoms with Crippen LogP contribution in [0.3, 0.4) is 0 Å². The molecule has 1 aliphatic heterocycles. The van der Waals surface area contributed by atoms with Gasteiger partial charge in [0, 0.05) is 32.8 Å².